The van der Waals surface area contributed by atoms with Crippen LogP contribution in [0, 0.1) is 5.82 Å². The van der Waals surface area contributed by atoms with Crippen LogP contribution >= 0.6 is 0 Å². The van der Waals surface area contributed by atoms with Crippen molar-refractivity contribution in [2.24, 2.45) is 0 Å². The lowest BCUT2D eigenvalue weighted by Gasteiger charge is -2.12. The van der Waals surface area contributed by atoms with Crippen LogP contribution in [0.1, 0.15) is 15.9 Å². The molecule has 0 amide bonds. The molecule has 3 aromatic carbocycles. The zero-order valence-corrected chi connectivity index (χ0v) is 18.4. The quantitative estimate of drug-likeness (QED) is 0.375. The maximum Gasteiger partial charge on any atom is 0.335 e. The number of fused-ring (bicyclic) bond motifs is 1. The lowest BCUT2D eigenvalue weighted by Crippen LogP contribution is -2.16. The summed E-state index contributed by atoms with van der Waals surface area (Å²) in [7, 11) is -8.52. The third-order valence-corrected chi connectivity index (χ3v) is 7.71. The molecule has 1 heterocycles. The van der Waals surface area contributed by atoms with Crippen LogP contribution in [0.15, 0.2) is 87.2 Å². The zero-order chi connectivity index (χ0) is 23.8. The molecule has 0 aliphatic heterocycles. The fraction of sp³-hybridized carbons (Fsp3) is 0.0455. The van der Waals surface area contributed by atoms with Crippen LogP contribution in [0.5, 0.6) is 0 Å². The average Bonchev–Trinajstić information content (AvgIpc) is 3.19. The van der Waals surface area contributed by atoms with E-state index in [2.05, 4.69) is 4.72 Å². The molecule has 0 bridgehead atoms. The minimum atomic E-state index is -4.38. The Morgan fingerprint density at radius 1 is 0.939 bits per heavy atom. The van der Waals surface area contributed by atoms with Gasteiger partial charge in [-0.3, -0.25) is 4.72 Å². The molecule has 0 saturated heterocycles. The number of rotatable bonds is 7. The highest BCUT2D eigenvalue weighted by Crippen LogP contribution is 2.30. The highest BCUT2D eigenvalue weighted by Gasteiger charge is 2.26. The Labute approximate surface area is 188 Å². The number of halogens is 1. The van der Waals surface area contributed by atoms with Gasteiger partial charge in [0.2, 0.25) is 5.09 Å². The van der Waals surface area contributed by atoms with Crippen LogP contribution < -0.4 is 4.72 Å². The van der Waals surface area contributed by atoms with Crippen molar-refractivity contribution in [1.29, 1.82) is 0 Å². The lowest BCUT2D eigenvalue weighted by atomic mass is 10.1. The first-order valence-electron chi connectivity index (χ1n) is 9.41. The molecule has 0 radical (unpaired) electrons. The number of sulfonamides is 1. The van der Waals surface area contributed by atoms with Crippen LogP contribution in [-0.4, -0.2) is 27.9 Å². The highest BCUT2D eigenvalue weighted by atomic mass is 32.2. The summed E-state index contributed by atoms with van der Waals surface area (Å²) in [4.78, 5) is 10.5. The monoisotopic (exact) mass is 489 g/mol. The Kier molecular flexibility index (Phi) is 5.68. The molecule has 0 spiro atoms. The largest absolute Gasteiger partial charge is 0.478 e. The van der Waals surface area contributed by atoms with Gasteiger partial charge in [-0.2, -0.15) is 8.42 Å². The minimum Gasteiger partial charge on any atom is -0.478 e. The van der Waals surface area contributed by atoms with Gasteiger partial charge in [0.15, 0.2) is 9.84 Å². The SMILES string of the molecule is O=C(O)c1ccc(CS(=O)(=O)c2ccc(F)cc2NS(=O)(=O)c2cc3ccccc3o2)cc1. The number of anilines is 1. The van der Waals surface area contributed by atoms with Crippen molar-refractivity contribution in [2.45, 2.75) is 15.7 Å². The van der Waals surface area contributed by atoms with E-state index in [1.165, 1.54) is 30.3 Å². The van der Waals surface area contributed by atoms with Crippen molar-refractivity contribution in [3.05, 3.63) is 89.7 Å². The third kappa shape index (κ3) is 4.73. The van der Waals surface area contributed by atoms with Gasteiger partial charge in [0.05, 0.1) is 21.9 Å². The molecule has 170 valence electrons. The van der Waals surface area contributed by atoms with Gasteiger partial charge in [-0.25, -0.2) is 17.6 Å². The van der Waals surface area contributed by atoms with Crippen LogP contribution in [-0.2, 0) is 25.6 Å². The Morgan fingerprint density at radius 3 is 2.30 bits per heavy atom. The van der Waals surface area contributed by atoms with E-state index in [0.717, 1.165) is 18.2 Å². The van der Waals surface area contributed by atoms with Crippen molar-refractivity contribution >= 4 is 42.5 Å². The second-order valence-corrected chi connectivity index (χ2v) is 10.7. The molecule has 8 nitrogen and oxygen atoms in total. The number of furan rings is 1. The van der Waals surface area contributed by atoms with Crippen molar-refractivity contribution in [2.75, 3.05) is 4.72 Å². The second-order valence-electron chi connectivity index (χ2n) is 7.11. The van der Waals surface area contributed by atoms with Crippen LogP contribution in [0.3, 0.4) is 0 Å². The average molecular weight is 490 g/mol. The molecule has 1 aromatic heterocycles. The van der Waals surface area contributed by atoms with Crippen molar-refractivity contribution < 1.29 is 35.5 Å². The molecule has 4 rings (SSSR count). The van der Waals surface area contributed by atoms with Gasteiger partial charge in [-0.15, -0.1) is 0 Å². The maximum absolute atomic E-state index is 13.9. The first-order chi connectivity index (χ1) is 15.5. The topological polar surface area (TPSA) is 131 Å². The van der Waals surface area contributed by atoms with E-state index in [-0.39, 0.29) is 11.1 Å². The highest BCUT2D eigenvalue weighted by molar-refractivity contribution is 7.93. The van der Waals surface area contributed by atoms with E-state index < -0.39 is 53.1 Å². The Balaban J connectivity index is 1.68. The van der Waals surface area contributed by atoms with Gasteiger partial charge >= 0.3 is 5.97 Å². The fourth-order valence-electron chi connectivity index (χ4n) is 3.18. The number of para-hydroxylation sites is 1. The molecule has 0 atom stereocenters. The zero-order valence-electron chi connectivity index (χ0n) is 16.7. The summed E-state index contributed by atoms with van der Waals surface area (Å²) < 4.78 is 73.1. The first-order valence-corrected chi connectivity index (χ1v) is 12.5. The molecular formula is C22H16FNO7S2. The van der Waals surface area contributed by atoms with E-state index in [0.29, 0.717) is 11.0 Å². The second kappa shape index (κ2) is 8.34. The normalized spacial score (nSPS) is 12.0. The molecule has 33 heavy (non-hydrogen) atoms. The molecule has 0 aliphatic rings. The molecule has 0 aliphatic carbocycles. The van der Waals surface area contributed by atoms with Crippen LogP contribution in [0.4, 0.5) is 10.1 Å². The number of benzene rings is 3. The minimum absolute atomic E-state index is 0.0165. The van der Waals surface area contributed by atoms with E-state index in [1.54, 1.807) is 24.3 Å². The molecule has 0 fully saturated rings. The number of carboxylic acid groups (broad SMARTS) is 1. The Morgan fingerprint density at radius 2 is 1.64 bits per heavy atom. The molecule has 2 N–H and O–H groups in total. The van der Waals surface area contributed by atoms with Gasteiger partial charge in [-0.1, -0.05) is 30.3 Å². The Bertz CT molecular complexity index is 1540. The van der Waals surface area contributed by atoms with Gasteiger partial charge in [0.25, 0.3) is 10.0 Å². The van der Waals surface area contributed by atoms with Crippen molar-refractivity contribution in [3.63, 3.8) is 0 Å². The molecular weight excluding hydrogens is 473 g/mol. The Hall–Kier alpha value is -3.70. The predicted octanol–water partition coefficient (Wildman–Crippen LogP) is 4.04. The number of nitrogens with one attached hydrogen (secondary N) is 1. The van der Waals surface area contributed by atoms with Crippen molar-refractivity contribution in [3.8, 4) is 0 Å². The molecule has 11 heteroatoms. The molecule has 0 unspecified atom stereocenters. The van der Waals surface area contributed by atoms with E-state index in [4.69, 9.17) is 9.52 Å². The van der Waals surface area contributed by atoms with E-state index >= 15 is 0 Å². The van der Waals surface area contributed by atoms with E-state index in [9.17, 15) is 26.0 Å². The van der Waals surface area contributed by atoms with Gasteiger partial charge in [0.1, 0.15) is 11.4 Å². The number of carbonyl (C=O) groups is 1. The van der Waals surface area contributed by atoms with Crippen molar-refractivity contribution in [1.82, 2.24) is 0 Å². The predicted molar refractivity (Wildman–Crippen MR) is 118 cm³/mol. The van der Waals surface area contributed by atoms with Gasteiger partial charge in [0, 0.05) is 11.5 Å². The first kappa shape index (κ1) is 22.5. The number of hydrogen-bond acceptors (Lipinski definition) is 6. The van der Waals surface area contributed by atoms with Gasteiger partial charge in [-0.05, 0) is 42.0 Å². The summed E-state index contributed by atoms with van der Waals surface area (Å²) in [5.74, 6) is -2.56. The number of hydrogen-bond donors (Lipinski definition) is 2. The maximum atomic E-state index is 13.9. The van der Waals surface area contributed by atoms with Gasteiger partial charge < -0.3 is 9.52 Å². The van der Waals surface area contributed by atoms with Crippen LogP contribution in [0.2, 0.25) is 0 Å². The molecule has 0 saturated carbocycles. The number of sulfone groups is 1. The number of aromatic carboxylic acids is 1. The summed E-state index contributed by atoms with van der Waals surface area (Å²) in [5, 5.41) is 9.04. The summed E-state index contributed by atoms with van der Waals surface area (Å²) >= 11 is 0. The summed E-state index contributed by atoms with van der Waals surface area (Å²) in [6.45, 7) is 0. The number of carboxylic acids is 1. The summed E-state index contributed by atoms with van der Waals surface area (Å²) in [5.41, 5.74) is 0.0972. The summed E-state index contributed by atoms with van der Waals surface area (Å²) in [6, 6.07) is 15.7. The third-order valence-electron chi connectivity index (χ3n) is 4.75. The van der Waals surface area contributed by atoms with Crippen LogP contribution in [0.25, 0.3) is 11.0 Å². The standard InChI is InChI=1S/C22H16FNO7S2/c23-17-9-10-20(32(27,28)13-14-5-7-15(8-6-14)22(25)26)18(12-17)24-33(29,30)21-11-16-3-1-2-4-19(16)31-21/h1-12,24H,13H2,(H,25,26). The fourth-order valence-corrected chi connectivity index (χ4v) is 5.79. The smallest absolute Gasteiger partial charge is 0.335 e. The lowest BCUT2D eigenvalue weighted by molar-refractivity contribution is 0.0697. The van der Waals surface area contributed by atoms with E-state index in [1.807, 2.05) is 0 Å². The summed E-state index contributed by atoms with van der Waals surface area (Å²) in [6.07, 6.45) is 0. The molecule has 4 aromatic rings.